The van der Waals surface area contributed by atoms with Gasteiger partial charge in [0.25, 0.3) is 5.91 Å². The van der Waals surface area contributed by atoms with Gasteiger partial charge in [0.1, 0.15) is 0 Å². The minimum absolute atomic E-state index is 0.0448. The van der Waals surface area contributed by atoms with Crippen molar-refractivity contribution in [2.75, 3.05) is 0 Å². The highest BCUT2D eigenvalue weighted by Crippen LogP contribution is 2.49. The van der Waals surface area contributed by atoms with Crippen LogP contribution in [0.4, 0.5) is 0 Å². The molecule has 1 N–H and O–H groups in total. The third-order valence-corrected chi connectivity index (χ3v) is 5.53. The van der Waals surface area contributed by atoms with Crippen LogP contribution < -0.4 is 5.32 Å². The zero-order chi connectivity index (χ0) is 14.4. The van der Waals surface area contributed by atoms with Crippen LogP contribution in [0.1, 0.15) is 54.4 Å². The van der Waals surface area contributed by atoms with E-state index in [-0.39, 0.29) is 11.9 Å². The van der Waals surface area contributed by atoms with Gasteiger partial charge in [0.2, 0.25) is 0 Å². The number of hydrogen-bond acceptors (Lipinski definition) is 2. The molecule has 110 valence electrons. The number of aryl methyl sites for hydroxylation is 2. The first-order chi connectivity index (χ1) is 9.47. The molecule has 0 aliphatic heterocycles. The van der Waals surface area contributed by atoms with Crippen LogP contribution in [0.2, 0.25) is 0 Å². The van der Waals surface area contributed by atoms with Crippen molar-refractivity contribution in [3.63, 3.8) is 0 Å². The van der Waals surface area contributed by atoms with Gasteiger partial charge < -0.3 is 5.32 Å². The van der Waals surface area contributed by atoms with E-state index in [1.54, 1.807) is 4.68 Å². The van der Waals surface area contributed by atoms with Crippen LogP contribution in [-0.2, 0) is 7.05 Å². The molecule has 1 aromatic rings. The normalized spacial score (nSPS) is 29.7. The predicted octanol–water partition coefficient (Wildman–Crippen LogP) is 2.59. The second kappa shape index (κ2) is 4.90. The molecule has 4 atom stereocenters. The molecule has 0 radical (unpaired) electrons. The average molecular weight is 275 g/mol. The van der Waals surface area contributed by atoms with Gasteiger partial charge in [0.15, 0.2) is 0 Å². The van der Waals surface area contributed by atoms with E-state index in [0.29, 0.717) is 5.92 Å². The lowest BCUT2D eigenvalue weighted by Gasteiger charge is -2.28. The van der Waals surface area contributed by atoms with Gasteiger partial charge in [-0.2, -0.15) is 5.10 Å². The summed E-state index contributed by atoms with van der Waals surface area (Å²) in [5.74, 6) is 2.48. The molecule has 0 unspecified atom stereocenters. The van der Waals surface area contributed by atoms with Crippen LogP contribution >= 0.6 is 0 Å². The number of carbonyl (C=O) groups excluding carboxylic acids is 1. The topological polar surface area (TPSA) is 46.9 Å². The Kier molecular flexibility index (Phi) is 3.35. The van der Waals surface area contributed by atoms with Gasteiger partial charge in [-0.05, 0) is 57.8 Å². The lowest BCUT2D eigenvalue weighted by Crippen LogP contribution is -2.40. The van der Waals surface area contributed by atoms with E-state index in [4.69, 9.17) is 0 Å². The average Bonchev–Trinajstić information content (AvgIpc) is 3.05. The summed E-state index contributed by atoms with van der Waals surface area (Å²) in [5, 5.41) is 7.56. The Labute approximate surface area is 120 Å². The highest BCUT2D eigenvalue weighted by Gasteiger charge is 2.42. The first-order valence-corrected chi connectivity index (χ1v) is 7.78. The first kappa shape index (κ1) is 13.7. The Balaban J connectivity index is 1.69. The van der Waals surface area contributed by atoms with Crippen molar-refractivity contribution in [3.8, 4) is 0 Å². The molecule has 2 fully saturated rings. The first-order valence-electron chi connectivity index (χ1n) is 7.78. The molecule has 2 bridgehead atoms. The van der Waals surface area contributed by atoms with Crippen LogP contribution in [0, 0.1) is 31.6 Å². The smallest absolute Gasteiger partial charge is 0.255 e. The van der Waals surface area contributed by atoms with Crippen LogP contribution in [0.15, 0.2) is 0 Å². The van der Waals surface area contributed by atoms with Crippen LogP contribution in [-0.4, -0.2) is 21.7 Å². The SMILES string of the molecule is Cc1nn(C)c(C)c1C(=O)N[C@@H](C)[C@@H]1C[C@@H]2CC[C@@H]1C2. The summed E-state index contributed by atoms with van der Waals surface area (Å²) < 4.78 is 1.78. The lowest BCUT2D eigenvalue weighted by molar-refractivity contribution is 0.0914. The second-order valence-corrected chi connectivity index (χ2v) is 6.77. The Morgan fingerprint density at radius 2 is 2.10 bits per heavy atom. The zero-order valence-electron chi connectivity index (χ0n) is 12.9. The summed E-state index contributed by atoms with van der Waals surface area (Å²) in [6, 6.07) is 0.275. The highest BCUT2D eigenvalue weighted by molar-refractivity contribution is 5.96. The molecule has 2 saturated carbocycles. The summed E-state index contributed by atoms with van der Waals surface area (Å²) in [4.78, 5) is 12.5. The van der Waals surface area contributed by atoms with Crippen LogP contribution in [0.25, 0.3) is 0 Å². The summed E-state index contributed by atoms with van der Waals surface area (Å²) in [5.41, 5.74) is 2.52. The Bertz CT molecular complexity index is 534. The largest absolute Gasteiger partial charge is 0.349 e. The van der Waals surface area contributed by atoms with Gasteiger partial charge in [-0.1, -0.05) is 6.42 Å². The third kappa shape index (κ3) is 2.15. The van der Waals surface area contributed by atoms with Crippen molar-refractivity contribution in [2.45, 2.75) is 52.5 Å². The van der Waals surface area contributed by atoms with Gasteiger partial charge in [-0.15, -0.1) is 0 Å². The fourth-order valence-corrected chi connectivity index (χ4v) is 4.39. The van der Waals surface area contributed by atoms with E-state index >= 15 is 0 Å². The Morgan fingerprint density at radius 1 is 1.35 bits per heavy atom. The summed E-state index contributed by atoms with van der Waals surface area (Å²) in [7, 11) is 1.89. The molecule has 1 amide bonds. The van der Waals surface area contributed by atoms with Gasteiger partial charge in [0.05, 0.1) is 11.3 Å². The molecule has 0 saturated heterocycles. The fourth-order valence-electron chi connectivity index (χ4n) is 4.39. The molecule has 0 spiro atoms. The number of rotatable bonds is 3. The monoisotopic (exact) mass is 275 g/mol. The maximum Gasteiger partial charge on any atom is 0.255 e. The molecule has 1 heterocycles. The van der Waals surface area contributed by atoms with Gasteiger partial charge >= 0.3 is 0 Å². The molecule has 1 aromatic heterocycles. The Hall–Kier alpha value is -1.32. The second-order valence-electron chi connectivity index (χ2n) is 6.77. The molecule has 3 rings (SSSR count). The quantitative estimate of drug-likeness (QED) is 0.921. The molecule has 4 heteroatoms. The van der Waals surface area contributed by atoms with Gasteiger partial charge in [-0.3, -0.25) is 9.48 Å². The fraction of sp³-hybridized carbons (Fsp3) is 0.750. The Morgan fingerprint density at radius 3 is 2.60 bits per heavy atom. The minimum Gasteiger partial charge on any atom is -0.349 e. The molecule has 4 nitrogen and oxygen atoms in total. The maximum atomic E-state index is 12.5. The van der Waals surface area contributed by atoms with Crippen molar-refractivity contribution in [1.82, 2.24) is 15.1 Å². The van der Waals surface area contributed by atoms with E-state index in [1.165, 1.54) is 25.7 Å². The molecule has 2 aliphatic rings. The zero-order valence-corrected chi connectivity index (χ0v) is 12.9. The number of fused-ring (bicyclic) bond motifs is 2. The van der Waals surface area contributed by atoms with E-state index in [2.05, 4.69) is 17.3 Å². The van der Waals surface area contributed by atoms with E-state index < -0.39 is 0 Å². The number of nitrogens with zero attached hydrogens (tertiary/aromatic N) is 2. The van der Waals surface area contributed by atoms with Gasteiger partial charge in [-0.25, -0.2) is 0 Å². The predicted molar refractivity (Wildman–Crippen MR) is 78.5 cm³/mol. The van der Waals surface area contributed by atoms with Crippen molar-refractivity contribution < 1.29 is 4.79 Å². The molecule has 20 heavy (non-hydrogen) atoms. The van der Waals surface area contributed by atoms with Crippen molar-refractivity contribution in [1.29, 1.82) is 0 Å². The highest BCUT2D eigenvalue weighted by atomic mass is 16.1. The summed E-state index contributed by atoms with van der Waals surface area (Å²) in [6.07, 6.45) is 5.45. The number of carbonyl (C=O) groups is 1. The number of aromatic nitrogens is 2. The molecule has 2 aliphatic carbocycles. The van der Waals surface area contributed by atoms with E-state index in [0.717, 1.165) is 28.8 Å². The van der Waals surface area contributed by atoms with Crippen molar-refractivity contribution in [2.24, 2.45) is 24.8 Å². The summed E-state index contributed by atoms with van der Waals surface area (Å²) in [6.45, 7) is 6.03. The van der Waals surface area contributed by atoms with Crippen LogP contribution in [0.5, 0.6) is 0 Å². The molecule has 0 aromatic carbocycles. The summed E-state index contributed by atoms with van der Waals surface area (Å²) >= 11 is 0. The number of nitrogens with one attached hydrogen (secondary N) is 1. The van der Waals surface area contributed by atoms with Crippen molar-refractivity contribution >= 4 is 5.91 Å². The molecular weight excluding hydrogens is 250 g/mol. The van der Waals surface area contributed by atoms with Crippen molar-refractivity contribution in [3.05, 3.63) is 17.0 Å². The maximum absolute atomic E-state index is 12.5. The lowest BCUT2D eigenvalue weighted by atomic mass is 9.84. The minimum atomic E-state index is 0.0448. The van der Waals surface area contributed by atoms with Gasteiger partial charge in [0, 0.05) is 18.8 Å². The molecular formula is C16H25N3O. The number of hydrogen-bond donors (Lipinski definition) is 1. The van der Waals surface area contributed by atoms with Crippen LogP contribution in [0.3, 0.4) is 0 Å². The van der Waals surface area contributed by atoms with E-state index in [9.17, 15) is 4.79 Å². The van der Waals surface area contributed by atoms with E-state index in [1.807, 2.05) is 20.9 Å². The number of amides is 1. The standard InChI is InChI=1S/C16H25N3O/c1-9(14-8-12-5-6-13(14)7-12)17-16(20)15-10(2)18-19(4)11(15)3/h9,12-14H,5-8H2,1-4H3,(H,17,20)/t9-,12+,13+,14-/m0/s1. The third-order valence-electron chi connectivity index (χ3n) is 5.53.